The predicted molar refractivity (Wildman–Crippen MR) is 93.0 cm³/mol. The monoisotopic (exact) mass is 327 g/mol. The van der Waals surface area contributed by atoms with Crippen molar-refractivity contribution in [2.75, 3.05) is 13.7 Å². The van der Waals surface area contributed by atoms with Crippen molar-refractivity contribution in [3.63, 3.8) is 0 Å². The van der Waals surface area contributed by atoms with Gasteiger partial charge >= 0.3 is 0 Å². The van der Waals surface area contributed by atoms with E-state index >= 15 is 0 Å². The summed E-state index contributed by atoms with van der Waals surface area (Å²) in [6.07, 6.45) is 1.57. The van der Waals surface area contributed by atoms with Crippen LogP contribution in [0.5, 0.6) is 5.75 Å². The van der Waals surface area contributed by atoms with Gasteiger partial charge in [-0.1, -0.05) is 19.1 Å². The highest BCUT2D eigenvalue weighted by Crippen LogP contribution is 2.47. The van der Waals surface area contributed by atoms with Gasteiger partial charge in [-0.25, -0.2) is 0 Å². The van der Waals surface area contributed by atoms with E-state index in [2.05, 4.69) is 6.92 Å². The van der Waals surface area contributed by atoms with E-state index in [0.29, 0.717) is 25.5 Å². The van der Waals surface area contributed by atoms with Crippen molar-refractivity contribution in [1.82, 2.24) is 4.90 Å². The van der Waals surface area contributed by atoms with Crippen LogP contribution in [0.25, 0.3) is 0 Å². The lowest BCUT2D eigenvalue weighted by molar-refractivity contribution is -0.131. The Hall–Kier alpha value is -2.23. The second kappa shape index (κ2) is 7.12. The second-order valence-electron chi connectivity index (χ2n) is 6.79. The molecule has 4 heteroatoms. The fourth-order valence-electron chi connectivity index (χ4n) is 2.87. The molecule has 0 N–H and O–H groups in total. The number of amides is 1. The van der Waals surface area contributed by atoms with Gasteiger partial charge in [-0.15, -0.1) is 0 Å². The average Bonchev–Trinajstić information content (AvgIpc) is 3.09. The molecule has 4 nitrogen and oxygen atoms in total. The lowest BCUT2D eigenvalue weighted by atomic mass is 10.2. The van der Waals surface area contributed by atoms with Crippen LogP contribution in [0.2, 0.25) is 0 Å². The average molecular weight is 327 g/mol. The van der Waals surface area contributed by atoms with Gasteiger partial charge in [-0.05, 0) is 49.1 Å². The standard InChI is InChI=1S/C20H25NO3/c1-14-5-4-6-16(11-14)23-10-9-20(22)21(3)13-17-7-8-19(24-17)18-12-15(18)2/h4-8,11,15,18H,9-10,12-13H2,1-3H3/t15-,18+/m0/s1. The van der Waals surface area contributed by atoms with Crippen molar-refractivity contribution in [3.8, 4) is 5.75 Å². The van der Waals surface area contributed by atoms with Crippen LogP contribution in [0, 0.1) is 12.8 Å². The van der Waals surface area contributed by atoms with Crippen molar-refractivity contribution in [3.05, 3.63) is 53.5 Å². The number of hydrogen-bond donors (Lipinski definition) is 0. The van der Waals surface area contributed by atoms with E-state index in [9.17, 15) is 4.79 Å². The van der Waals surface area contributed by atoms with Crippen molar-refractivity contribution in [1.29, 1.82) is 0 Å². The maximum absolute atomic E-state index is 12.2. The Kier molecular flexibility index (Phi) is 4.93. The molecule has 1 amide bonds. The Balaban J connectivity index is 1.43. The number of hydrogen-bond acceptors (Lipinski definition) is 3. The highest BCUT2D eigenvalue weighted by molar-refractivity contribution is 5.75. The SMILES string of the molecule is Cc1cccc(OCCC(=O)N(C)Cc2ccc([C@@H]3C[C@@H]3C)o2)c1. The number of carbonyl (C=O) groups excluding carboxylic acids is 1. The summed E-state index contributed by atoms with van der Waals surface area (Å²) in [7, 11) is 1.80. The quantitative estimate of drug-likeness (QED) is 0.767. The minimum atomic E-state index is 0.0559. The summed E-state index contributed by atoms with van der Waals surface area (Å²) >= 11 is 0. The third-order valence-corrected chi connectivity index (χ3v) is 4.55. The van der Waals surface area contributed by atoms with Gasteiger partial charge in [0, 0.05) is 13.0 Å². The first-order valence-corrected chi connectivity index (χ1v) is 8.55. The second-order valence-corrected chi connectivity index (χ2v) is 6.79. The van der Waals surface area contributed by atoms with Gasteiger partial charge in [0.15, 0.2) is 0 Å². The van der Waals surface area contributed by atoms with Crippen LogP contribution in [-0.4, -0.2) is 24.5 Å². The molecule has 128 valence electrons. The third kappa shape index (κ3) is 4.19. The summed E-state index contributed by atoms with van der Waals surface area (Å²) in [5, 5.41) is 0. The zero-order valence-electron chi connectivity index (χ0n) is 14.6. The Bertz CT molecular complexity index is 706. The largest absolute Gasteiger partial charge is 0.493 e. The van der Waals surface area contributed by atoms with Gasteiger partial charge in [-0.3, -0.25) is 4.79 Å². The van der Waals surface area contributed by atoms with Crippen molar-refractivity contribution in [2.24, 2.45) is 5.92 Å². The molecule has 0 spiro atoms. The number of carbonyl (C=O) groups is 1. The lowest BCUT2D eigenvalue weighted by Crippen LogP contribution is -2.27. The van der Waals surface area contributed by atoms with Crippen molar-refractivity contribution >= 4 is 5.91 Å². The molecule has 1 fully saturated rings. The van der Waals surface area contributed by atoms with Crippen LogP contribution in [0.3, 0.4) is 0 Å². The van der Waals surface area contributed by atoms with Crippen LogP contribution in [0.4, 0.5) is 0 Å². The Labute approximate surface area is 143 Å². The Morgan fingerprint density at radius 2 is 2.12 bits per heavy atom. The van der Waals surface area contributed by atoms with E-state index in [0.717, 1.165) is 28.8 Å². The van der Waals surface area contributed by atoms with E-state index in [1.54, 1.807) is 11.9 Å². The summed E-state index contributed by atoms with van der Waals surface area (Å²) in [4.78, 5) is 13.9. The highest BCUT2D eigenvalue weighted by atomic mass is 16.5. The van der Waals surface area contributed by atoms with E-state index < -0.39 is 0 Å². The maximum atomic E-state index is 12.2. The fraction of sp³-hybridized carbons (Fsp3) is 0.450. The normalized spacial score (nSPS) is 19.1. The van der Waals surface area contributed by atoms with Crippen LogP contribution in [-0.2, 0) is 11.3 Å². The van der Waals surface area contributed by atoms with E-state index in [1.165, 1.54) is 6.42 Å². The molecular weight excluding hydrogens is 302 g/mol. The highest BCUT2D eigenvalue weighted by Gasteiger charge is 2.36. The molecule has 0 aliphatic heterocycles. The Morgan fingerprint density at radius 1 is 1.33 bits per heavy atom. The zero-order chi connectivity index (χ0) is 17.1. The van der Waals surface area contributed by atoms with Gasteiger partial charge < -0.3 is 14.1 Å². The lowest BCUT2D eigenvalue weighted by Gasteiger charge is -2.16. The van der Waals surface area contributed by atoms with E-state index in [4.69, 9.17) is 9.15 Å². The summed E-state index contributed by atoms with van der Waals surface area (Å²) in [5.74, 6) is 4.06. The first-order valence-electron chi connectivity index (χ1n) is 8.55. The Morgan fingerprint density at radius 3 is 2.83 bits per heavy atom. The van der Waals surface area contributed by atoms with Crippen LogP contribution < -0.4 is 4.74 Å². The molecular formula is C20H25NO3. The summed E-state index contributed by atoms with van der Waals surface area (Å²) in [6.45, 7) is 5.14. The number of rotatable bonds is 7. The molecule has 24 heavy (non-hydrogen) atoms. The molecule has 0 radical (unpaired) electrons. The van der Waals surface area contributed by atoms with Crippen LogP contribution in [0.1, 0.15) is 42.8 Å². The van der Waals surface area contributed by atoms with Gasteiger partial charge in [0.2, 0.25) is 5.91 Å². The molecule has 2 atom stereocenters. The summed E-state index contributed by atoms with van der Waals surface area (Å²) in [5.41, 5.74) is 1.15. The molecule has 0 bridgehead atoms. The van der Waals surface area contributed by atoms with E-state index in [-0.39, 0.29) is 5.91 Å². The molecule has 1 aliphatic rings. The van der Waals surface area contributed by atoms with E-state index in [1.807, 2.05) is 43.3 Å². The zero-order valence-corrected chi connectivity index (χ0v) is 14.6. The van der Waals surface area contributed by atoms with Gasteiger partial charge in [0.25, 0.3) is 0 Å². The molecule has 1 aromatic heterocycles. The molecule has 1 aliphatic carbocycles. The third-order valence-electron chi connectivity index (χ3n) is 4.55. The molecule has 1 heterocycles. The first kappa shape index (κ1) is 16.6. The number of aryl methyl sites for hydroxylation is 1. The molecule has 0 unspecified atom stereocenters. The van der Waals surface area contributed by atoms with Crippen molar-refractivity contribution in [2.45, 2.75) is 39.2 Å². The van der Waals surface area contributed by atoms with Gasteiger partial charge in [-0.2, -0.15) is 0 Å². The van der Waals surface area contributed by atoms with Gasteiger partial charge in [0.05, 0.1) is 19.6 Å². The topological polar surface area (TPSA) is 42.7 Å². The number of ether oxygens (including phenoxy) is 1. The fourth-order valence-corrected chi connectivity index (χ4v) is 2.87. The van der Waals surface area contributed by atoms with Crippen molar-refractivity contribution < 1.29 is 13.9 Å². The van der Waals surface area contributed by atoms with Crippen LogP contribution in [0.15, 0.2) is 40.8 Å². The minimum absolute atomic E-state index is 0.0559. The maximum Gasteiger partial charge on any atom is 0.226 e. The minimum Gasteiger partial charge on any atom is -0.493 e. The number of benzene rings is 1. The summed E-state index contributed by atoms with van der Waals surface area (Å²) < 4.78 is 11.5. The first-order chi connectivity index (χ1) is 11.5. The smallest absolute Gasteiger partial charge is 0.226 e. The molecule has 1 saturated carbocycles. The summed E-state index contributed by atoms with van der Waals surface area (Å²) in [6, 6.07) is 11.9. The molecule has 2 aromatic rings. The molecule has 3 rings (SSSR count). The molecule has 0 saturated heterocycles. The predicted octanol–water partition coefficient (Wildman–Crippen LogP) is 4.14. The van der Waals surface area contributed by atoms with Crippen LogP contribution >= 0.6 is 0 Å². The number of furan rings is 1. The molecule has 1 aromatic carbocycles. The van der Waals surface area contributed by atoms with Gasteiger partial charge in [0.1, 0.15) is 17.3 Å². The number of nitrogens with zero attached hydrogens (tertiary/aromatic N) is 1.